The average Bonchev–Trinajstić information content (AvgIpc) is 3.00. The average molecular weight is 300 g/mol. The van der Waals surface area contributed by atoms with E-state index < -0.39 is 11.3 Å². The van der Waals surface area contributed by atoms with Gasteiger partial charge in [0.25, 0.3) is 5.91 Å². The zero-order chi connectivity index (χ0) is 14.6. The van der Waals surface area contributed by atoms with E-state index in [4.69, 9.17) is 5.73 Å². The summed E-state index contributed by atoms with van der Waals surface area (Å²) in [5.41, 5.74) is 6.54. The lowest BCUT2D eigenvalue weighted by Gasteiger charge is -2.30. The first-order chi connectivity index (χ1) is 10.1. The lowest BCUT2D eigenvalue weighted by atomic mass is 9.71. The second-order valence-corrected chi connectivity index (χ2v) is 6.45. The van der Waals surface area contributed by atoms with Crippen LogP contribution in [0, 0.1) is 0 Å². The van der Waals surface area contributed by atoms with Crippen molar-refractivity contribution in [3.8, 4) is 0 Å². The molecule has 21 heavy (non-hydrogen) atoms. The van der Waals surface area contributed by atoms with Crippen LogP contribution in [0.2, 0.25) is 0 Å². The molecule has 3 N–H and O–H groups in total. The van der Waals surface area contributed by atoms with Crippen LogP contribution >= 0.6 is 11.3 Å². The molecule has 6 nitrogen and oxygen atoms in total. The SMILES string of the molecule is NC(=O)c1nc2c(s1)CC1(CC2)C(=O)Nc2ncccc21. The van der Waals surface area contributed by atoms with Gasteiger partial charge in [0, 0.05) is 23.1 Å². The van der Waals surface area contributed by atoms with E-state index in [2.05, 4.69) is 15.3 Å². The zero-order valence-electron chi connectivity index (χ0n) is 11.0. The fourth-order valence-corrected chi connectivity index (χ4v) is 4.25. The normalized spacial score (nSPS) is 22.8. The van der Waals surface area contributed by atoms with E-state index in [1.165, 1.54) is 11.3 Å². The number of nitrogens with one attached hydrogen (secondary N) is 1. The predicted molar refractivity (Wildman–Crippen MR) is 77.2 cm³/mol. The number of aromatic nitrogens is 2. The smallest absolute Gasteiger partial charge is 0.277 e. The van der Waals surface area contributed by atoms with Gasteiger partial charge in [-0.3, -0.25) is 9.59 Å². The first kappa shape index (κ1) is 12.5. The fourth-order valence-electron chi connectivity index (χ4n) is 3.18. The van der Waals surface area contributed by atoms with Crippen LogP contribution in [0.3, 0.4) is 0 Å². The number of carbonyl (C=O) groups is 2. The van der Waals surface area contributed by atoms with E-state index in [9.17, 15) is 9.59 Å². The molecule has 2 amide bonds. The van der Waals surface area contributed by atoms with E-state index in [1.807, 2.05) is 12.1 Å². The van der Waals surface area contributed by atoms with E-state index in [0.717, 1.165) is 16.1 Å². The van der Waals surface area contributed by atoms with Crippen LogP contribution in [0.1, 0.15) is 32.4 Å². The molecule has 7 heteroatoms. The largest absolute Gasteiger partial charge is 0.364 e. The minimum absolute atomic E-state index is 0.0177. The van der Waals surface area contributed by atoms with Gasteiger partial charge in [0.05, 0.1) is 11.1 Å². The van der Waals surface area contributed by atoms with Gasteiger partial charge in [-0.1, -0.05) is 6.07 Å². The Labute approximate surface area is 124 Å². The highest BCUT2D eigenvalue weighted by Gasteiger charge is 2.49. The summed E-state index contributed by atoms with van der Waals surface area (Å²) < 4.78 is 0. The molecule has 3 heterocycles. The summed E-state index contributed by atoms with van der Waals surface area (Å²) >= 11 is 1.29. The standard InChI is InChI=1S/C14H12N4O2S/c15-10(19)12-17-8-3-4-14(6-9(8)21-12)7-2-1-5-16-11(7)18-13(14)20/h1-2,5H,3-4,6H2,(H2,15,19)(H,16,18,20). The number of primary amides is 1. The van der Waals surface area contributed by atoms with Crippen molar-refractivity contribution in [2.75, 3.05) is 5.32 Å². The molecule has 0 fully saturated rings. The molecule has 1 aliphatic carbocycles. The van der Waals surface area contributed by atoms with Crippen LogP contribution in [-0.2, 0) is 23.1 Å². The molecule has 0 saturated carbocycles. The number of carbonyl (C=O) groups excluding carboxylic acids is 2. The Hall–Kier alpha value is -2.28. The highest BCUT2D eigenvalue weighted by Crippen LogP contribution is 2.46. The minimum atomic E-state index is -0.585. The van der Waals surface area contributed by atoms with Crippen LogP contribution in [0.4, 0.5) is 5.82 Å². The van der Waals surface area contributed by atoms with Crippen LogP contribution in [-0.4, -0.2) is 21.8 Å². The fraction of sp³-hybridized carbons (Fsp3) is 0.286. The third-order valence-corrected chi connectivity index (χ3v) is 5.34. The molecule has 1 atom stereocenters. The summed E-state index contributed by atoms with van der Waals surface area (Å²) in [4.78, 5) is 33.3. The number of amides is 2. The summed E-state index contributed by atoms with van der Waals surface area (Å²) in [6, 6.07) is 3.79. The van der Waals surface area contributed by atoms with Crippen molar-refractivity contribution in [2.24, 2.45) is 5.73 Å². The van der Waals surface area contributed by atoms with Gasteiger partial charge >= 0.3 is 0 Å². The lowest BCUT2D eigenvalue weighted by Crippen LogP contribution is -2.39. The Morgan fingerprint density at radius 1 is 1.48 bits per heavy atom. The molecule has 2 aliphatic rings. The van der Waals surface area contributed by atoms with E-state index in [-0.39, 0.29) is 5.91 Å². The number of nitrogens with zero attached hydrogens (tertiary/aromatic N) is 2. The number of nitrogens with two attached hydrogens (primary N) is 1. The molecule has 4 rings (SSSR count). The molecule has 0 bridgehead atoms. The molecular weight excluding hydrogens is 288 g/mol. The van der Waals surface area contributed by atoms with Crippen molar-refractivity contribution in [1.82, 2.24) is 9.97 Å². The summed E-state index contributed by atoms with van der Waals surface area (Å²) in [6.07, 6.45) is 3.56. The van der Waals surface area contributed by atoms with Crippen molar-refractivity contribution in [3.05, 3.63) is 39.5 Å². The van der Waals surface area contributed by atoms with Gasteiger partial charge < -0.3 is 11.1 Å². The van der Waals surface area contributed by atoms with Crippen LogP contribution < -0.4 is 11.1 Å². The van der Waals surface area contributed by atoms with Gasteiger partial charge in [0.1, 0.15) is 5.82 Å². The van der Waals surface area contributed by atoms with Crippen LogP contribution in [0.25, 0.3) is 0 Å². The number of rotatable bonds is 1. The Kier molecular flexibility index (Phi) is 2.44. The molecule has 1 spiro atoms. The topological polar surface area (TPSA) is 98.0 Å². The highest BCUT2D eigenvalue weighted by atomic mass is 32.1. The molecular formula is C14H12N4O2S. The van der Waals surface area contributed by atoms with Crippen molar-refractivity contribution in [1.29, 1.82) is 0 Å². The molecule has 106 valence electrons. The molecule has 1 unspecified atom stereocenters. The number of fused-ring (bicyclic) bond motifs is 3. The number of aryl methyl sites for hydroxylation is 1. The van der Waals surface area contributed by atoms with Gasteiger partial charge in [0.2, 0.25) is 5.91 Å². The lowest BCUT2D eigenvalue weighted by molar-refractivity contribution is -0.121. The minimum Gasteiger partial charge on any atom is -0.364 e. The first-order valence-electron chi connectivity index (χ1n) is 6.65. The molecule has 1 aliphatic heterocycles. The van der Waals surface area contributed by atoms with Crippen molar-refractivity contribution in [2.45, 2.75) is 24.7 Å². The van der Waals surface area contributed by atoms with Crippen molar-refractivity contribution >= 4 is 29.0 Å². The third-order valence-electron chi connectivity index (χ3n) is 4.23. The van der Waals surface area contributed by atoms with Crippen LogP contribution in [0.15, 0.2) is 18.3 Å². The van der Waals surface area contributed by atoms with Gasteiger partial charge in [-0.25, -0.2) is 9.97 Å². The number of hydrogen-bond donors (Lipinski definition) is 2. The summed E-state index contributed by atoms with van der Waals surface area (Å²) in [6.45, 7) is 0. The molecule has 0 saturated heterocycles. The quantitative estimate of drug-likeness (QED) is 0.821. The number of thiazole rings is 1. The summed E-state index contributed by atoms with van der Waals surface area (Å²) in [5.74, 6) is 0.114. The second-order valence-electron chi connectivity index (χ2n) is 5.37. The highest BCUT2D eigenvalue weighted by molar-refractivity contribution is 7.13. The number of anilines is 1. The Bertz CT molecular complexity index is 785. The monoisotopic (exact) mass is 300 g/mol. The zero-order valence-corrected chi connectivity index (χ0v) is 11.9. The Balaban J connectivity index is 1.81. The Morgan fingerprint density at radius 3 is 3.14 bits per heavy atom. The Morgan fingerprint density at radius 2 is 2.33 bits per heavy atom. The molecule has 2 aromatic rings. The third kappa shape index (κ3) is 1.64. The van der Waals surface area contributed by atoms with Crippen molar-refractivity contribution < 1.29 is 9.59 Å². The first-order valence-corrected chi connectivity index (χ1v) is 7.47. The van der Waals surface area contributed by atoms with Crippen molar-refractivity contribution in [3.63, 3.8) is 0 Å². The van der Waals surface area contributed by atoms with E-state index in [0.29, 0.717) is 30.1 Å². The van der Waals surface area contributed by atoms with E-state index >= 15 is 0 Å². The van der Waals surface area contributed by atoms with Gasteiger partial charge in [-0.2, -0.15) is 0 Å². The summed E-state index contributed by atoms with van der Waals surface area (Å²) in [7, 11) is 0. The summed E-state index contributed by atoms with van der Waals surface area (Å²) in [5, 5.41) is 3.18. The van der Waals surface area contributed by atoms with Gasteiger partial charge in [-0.05, 0) is 18.9 Å². The van der Waals surface area contributed by atoms with E-state index in [1.54, 1.807) is 6.20 Å². The molecule has 2 aromatic heterocycles. The maximum absolute atomic E-state index is 12.5. The predicted octanol–water partition coefficient (Wildman–Crippen LogP) is 1.02. The second kappa shape index (κ2) is 4.11. The van der Waals surface area contributed by atoms with Crippen LogP contribution in [0.5, 0.6) is 0 Å². The number of hydrogen-bond acceptors (Lipinski definition) is 5. The molecule has 0 radical (unpaired) electrons. The molecule has 0 aromatic carbocycles. The maximum atomic E-state index is 12.5. The number of pyridine rings is 1. The maximum Gasteiger partial charge on any atom is 0.277 e. The van der Waals surface area contributed by atoms with Gasteiger partial charge in [-0.15, -0.1) is 11.3 Å². The van der Waals surface area contributed by atoms with Gasteiger partial charge in [0.15, 0.2) is 5.01 Å².